The lowest BCUT2D eigenvalue weighted by molar-refractivity contribution is -0.136. The number of aliphatic carboxylic acids is 1. The second-order valence-electron chi connectivity index (χ2n) is 8.49. The first-order valence-corrected chi connectivity index (χ1v) is 13.2. The Labute approximate surface area is 189 Å². The van der Waals surface area contributed by atoms with Crippen LogP contribution in [0.1, 0.15) is 119 Å². The van der Waals surface area contributed by atoms with Crippen molar-refractivity contribution in [2.75, 3.05) is 5.75 Å². The van der Waals surface area contributed by atoms with Crippen molar-refractivity contribution in [2.24, 2.45) is 0 Å². The van der Waals surface area contributed by atoms with Gasteiger partial charge in [-0.2, -0.15) is 11.8 Å². The summed E-state index contributed by atoms with van der Waals surface area (Å²) >= 11 is 1.91. The third kappa shape index (κ3) is 9.32. The van der Waals surface area contributed by atoms with E-state index >= 15 is 0 Å². The Bertz CT molecular complexity index is 627. The number of carboxylic acid groups (broad SMARTS) is 1. The molecular formula is C26H44O3S. The Balaban J connectivity index is 3.05. The van der Waals surface area contributed by atoms with E-state index < -0.39 is 5.97 Å². The molecular weight excluding hydrogens is 392 g/mol. The number of rotatable bonds is 17. The van der Waals surface area contributed by atoms with Crippen LogP contribution in [0.3, 0.4) is 0 Å². The van der Waals surface area contributed by atoms with Gasteiger partial charge in [0.1, 0.15) is 5.75 Å². The first-order chi connectivity index (χ1) is 14.5. The molecule has 2 N–H and O–H groups in total. The molecule has 0 amide bonds. The highest BCUT2D eigenvalue weighted by Gasteiger charge is 2.22. The number of unbranched alkanes of at least 4 members (excludes halogenated alkanes) is 7. The van der Waals surface area contributed by atoms with Crippen LogP contribution >= 0.6 is 11.8 Å². The largest absolute Gasteiger partial charge is 0.507 e. The summed E-state index contributed by atoms with van der Waals surface area (Å²) in [6.07, 6.45) is 13.5. The lowest BCUT2D eigenvalue weighted by atomic mass is 9.88. The summed E-state index contributed by atoms with van der Waals surface area (Å²) in [4.78, 5) is 11.6. The third-order valence-corrected chi connectivity index (χ3v) is 7.06. The molecule has 0 saturated carbocycles. The summed E-state index contributed by atoms with van der Waals surface area (Å²) in [7, 11) is 0. The predicted octanol–water partition coefficient (Wildman–Crippen LogP) is 7.86. The Morgan fingerprint density at radius 2 is 1.50 bits per heavy atom. The van der Waals surface area contributed by atoms with Gasteiger partial charge in [-0.15, -0.1) is 0 Å². The normalized spacial score (nSPS) is 12.3. The average Bonchev–Trinajstić information content (AvgIpc) is 2.71. The number of carbonyl (C=O) groups is 1. The summed E-state index contributed by atoms with van der Waals surface area (Å²) in [5.74, 6) is 0.719. The second-order valence-corrected chi connectivity index (χ2v) is 9.94. The molecule has 0 aliphatic rings. The van der Waals surface area contributed by atoms with Crippen LogP contribution in [-0.2, 0) is 24.1 Å². The molecule has 4 heteroatoms. The van der Waals surface area contributed by atoms with E-state index in [4.69, 9.17) is 0 Å². The molecule has 1 aromatic carbocycles. The fourth-order valence-electron chi connectivity index (χ4n) is 4.08. The molecule has 0 saturated heterocycles. The molecule has 0 aliphatic heterocycles. The molecule has 0 spiro atoms. The van der Waals surface area contributed by atoms with Crippen LogP contribution in [0.4, 0.5) is 0 Å². The lowest BCUT2D eigenvalue weighted by Gasteiger charge is -2.23. The van der Waals surface area contributed by atoms with E-state index in [2.05, 4.69) is 27.7 Å². The third-order valence-electron chi connectivity index (χ3n) is 5.80. The van der Waals surface area contributed by atoms with Gasteiger partial charge in [-0.25, -0.2) is 0 Å². The van der Waals surface area contributed by atoms with Gasteiger partial charge in [0, 0.05) is 5.25 Å². The number of phenolic OH excluding ortho intramolecular Hbond substituents is 1. The van der Waals surface area contributed by atoms with Gasteiger partial charge >= 0.3 is 5.97 Å². The van der Waals surface area contributed by atoms with E-state index in [1.807, 2.05) is 17.8 Å². The number of aryl methyl sites for hydroxylation is 1. The summed E-state index contributed by atoms with van der Waals surface area (Å²) in [6, 6.07) is 1.98. The molecule has 3 nitrogen and oxygen atoms in total. The van der Waals surface area contributed by atoms with E-state index in [0.717, 1.165) is 66.5 Å². The maximum atomic E-state index is 11.6. The number of carboxylic acids is 1. The SMILES string of the molecule is CCCCCCCCSC(C)c1c(CC(=O)O)cc(CCCC)c(O)c1CCCC. The maximum absolute atomic E-state index is 11.6. The van der Waals surface area contributed by atoms with E-state index in [-0.39, 0.29) is 11.7 Å². The Hall–Kier alpha value is -1.16. The standard InChI is InChI=1S/C26H44O3S/c1-5-8-11-12-13-14-17-30-20(4)25-22(19-24(27)28)18-21(15-9-6-2)26(29)23(25)16-10-7-3/h18,20,29H,5-17,19H2,1-4H3,(H,27,28). The van der Waals surface area contributed by atoms with Crippen LogP contribution in [0.25, 0.3) is 0 Å². The molecule has 1 aromatic rings. The highest BCUT2D eigenvalue weighted by atomic mass is 32.2. The van der Waals surface area contributed by atoms with Gasteiger partial charge in [0.25, 0.3) is 0 Å². The molecule has 1 atom stereocenters. The minimum Gasteiger partial charge on any atom is -0.507 e. The van der Waals surface area contributed by atoms with Gasteiger partial charge < -0.3 is 10.2 Å². The molecule has 0 aromatic heterocycles. The predicted molar refractivity (Wildman–Crippen MR) is 131 cm³/mol. The molecule has 0 bridgehead atoms. The van der Waals surface area contributed by atoms with Crippen LogP contribution in [-0.4, -0.2) is 21.9 Å². The van der Waals surface area contributed by atoms with Gasteiger partial charge in [-0.1, -0.05) is 71.8 Å². The monoisotopic (exact) mass is 436 g/mol. The smallest absolute Gasteiger partial charge is 0.307 e. The number of thioether (sulfide) groups is 1. The molecule has 30 heavy (non-hydrogen) atoms. The number of phenols is 1. The van der Waals surface area contributed by atoms with E-state index in [0.29, 0.717) is 5.75 Å². The zero-order valence-electron chi connectivity index (χ0n) is 19.8. The quantitative estimate of drug-likeness (QED) is 0.244. The average molecular weight is 437 g/mol. The summed E-state index contributed by atoms with van der Waals surface area (Å²) in [6.45, 7) is 8.73. The van der Waals surface area contributed by atoms with Crippen LogP contribution in [0.2, 0.25) is 0 Å². The van der Waals surface area contributed by atoms with Gasteiger partial charge in [-0.3, -0.25) is 4.79 Å². The summed E-state index contributed by atoms with van der Waals surface area (Å²) < 4.78 is 0. The zero-order chi connectivity index (χ0) is 22.4. The summed E-state index contributed by atoms with van der Waals surface area (Å²) in [5, 5.41) is 20.8. The second kappa shape index (κ2) is 15.6. The fraction of sp³-hybridized carbons (Fsp3) is 0.731. The number of hydrogen-bond acceptors (Lipinski definition) is 3. The van der Waals surface area contributed by atoms with Crippen molar-refractivity contribution < 1.29 is 15.0 Å². The molecule has 172 valence electrons. The van der Waals surface area contributed by atoms with Crippen molar-refractivity contribution in [3.63, 3.8) is 0 Å². The molecule has 0 heterocycles. The minimum absolute atomic E-state index is 0.0375. The molecule has 1 rings (SSSR count). The first-order valence-electron chi connectivity index (χ1n) is 12.2. The molecule has 1 unspecified atom stereocenters. The van der Waals surface area contributed by atoms with E-state index in [9.17, 15) is 15.0 Å². The first kappa shape index (κ1) is 26.9. The Morgan fingerprint density at radius 3 is 2.13 bits per heavy atom. The zero-order valence-corrected chi connectivity index (χ0v) is 20.6. The fourth-order valence-corrected chi connectivity index (χ4v) is 5.26. The molecule has 0 radical (unpaired) electrons. The van der Waals surface area contributed by atoms with Crippen LogP contribution in [0, 0.1) is 0 Å². The van der Waals surface area contributed by atoms with Gasteiger partial charge in [-0.05, 0) is 67.0 Å². The van der Waals surface area contributed by atoms with E-state index in [1.165, 1.54) is 38.5 Å². The number of hydrogen-bond donors (Lipinski definition) is 2. The Morgan fingerprint density at radius 1 is 0.900 bits per heavy atom. The van der Waals surface area contributed by atoms with Crippen LogP contribution < -0.4 is 0 Å². The van der Waals surface area contributed by atoms with Crippen molar-refractivity contribution in [3.8, 4) is 5.75 Å². The van der Waals surface area contributed by atoms with Crippen molar-refractivity contribution >= 4 is 17.7 Å². The van der Waals surface area contributed by atoms with Crippen molar-refractivity contribution in [1.29, 1.82) is 0 Å². The molecule has 0 fully saturated rings. The number of benzene rings is 1. The van der Waals surface area contributed by atoms with Gasteiger partial charge in [0.2, 0.25) is 0 Å². The van der Waals surface area contributed by atoms with Crippen LogP contribution in [0.5, 0.6) is 5.75 Å². The lowest BCUT2D eigenvalue weighted by Crippen LogP contribution is -2.10. The highest BCUT2D eigenvalue weighted by molar-refractivity contribution is 7.99. The van der Waals surface area contributed by atoms with Crippen molar-refractivity contribution in [1.82, 2.24) is 0 Å². The topological polar surface area (TPSA) is 57.5 Å². The van der Waals surface area contributed by atoms with Gasteiger partial charge in [0.05, 0.1) is 6.42 Å². The van der Waals surface area contributed by atoms with Crippen molar-refractivity contribution in [2.45, 2.75) is 116 Å². The Kier molecular flexibility index (Phi) is 14.0. The summed E-state index contributed by atoms with van der Waals surface area (Å²) in [5.41, 5.74) is 3.92. The van der Waals surface area contributed by atoms with Crippen molar-refractivity contribution in [3.05, 3.63) is 28.3 Å². The maximum Gasteiger partial charge on any atom is 0.307 e. The number of aromatic hydroxyl groups is 1. The van der Waals surface area contributed by atoms with E-state index in [1.54, 1.807) is 0 Å². The van der Waals surface area contributed by atoms with Crippen LogP contribution in [0.15, 0.2) is 6.07 Å². The molecule has 0 aliphatic carbocycles. The van der Waals surface area contributed by atoms with Gasteiger partial charge in [0.15, 0.2) is 0 Å². The minimum atomic E-state index is -0.794. The highest BCUT2D eigenvalue weighted by Crippen LogP contribution is 2.40.